The number of carbonyl (C=O) groups excluding carboxylic acids is 2. The van der Waals surface area contributed by atoms with Crippen LogP contribution in [-0.2, 0) is 9.59 Å². The summed E-state index contributed by atoms with van der Waals surface area (Å²) in [4.78, 5) is 25.3. The number of rotatable bonds is 3. The Balaban J connectivity index is 2.36. The minimum absolute atomic E-state index is 0.0769. The summed E-state index contributed by atoms with van der Waals surface area (Å²) in [6.07, 6.45) is 2.06. The fourth-order valence-electron chi connectivity index (χ4n) is 1.91. The Morgan fingerprint density at radius 3 is 2.28 bits per heavy atom. The van der Waals surface area contributed by atoms with Crippen molar-refractivity contribution in [3.05, 3.63) is 0 Å². The van der Waals surface area contributed by atoms with E-state index in [2.05, 4.69) is 5.32 Å². The third-order valence-electron chi connectivity index (χ3n) is 3.17. The molecule has 1 heterocycles. The molecule has 1 saturated heterocycles. The van der Waals surface area contributed by atoms with Gasteiger partial charge in [0.1, 0.15) is 0 Å². The molecule has 18 heavy (non-hydrogen) atoms. The number of carbonyl (C=O) groups is 2. The molecular weight excluding hydrogens is 252 g/mol. The van der Waals surface area contributed by atoms with Crippen LogP contribution in [0.15, 0.2) is 0 Å². The van der Waals surface area contributed by atoms with Gasteiger partial charge in [0.2, 0.25) is 11.8 Å². The predicted octanol–water partition coefficient (Wildman–Crippen LogP) is 1.77. The lowest BCUT2D eigenvalue weighted by Gasteiger charge is -2.33. The monoisotopic (exact) mass is 274 g/mol. The topological polar surface area (TPSA) is 49.4 Å². The van der Waals surface area contributed by atoms with Gasteiger partial charge in [-0.05, 0) is 12.8 Å². The molecule has 0 aromatic rings. The largest absolute Gasteiger partial charge is 0.353 e. The van der Waals surface area contributed by atoms with E-state index in [1.165, 1.54) is 0 Å². The van der Waals surface area contributed by atoms with E-state index < -0.39 is 0 Å². The zero-order chi connectivity index (χ0) is 13.8. The number of hydrogen-bond donors (Lipinski definition) is 1. The van der Waals surface area contributed by atoms with Crippen molar-refractivity contribution in [2.75, 3.05) is 19.0 Å². The molecule has 1 aliphatic heterocycles. The molecule has 1 fully saturated rings. The normalized spacial score (nSPS) is 17.7. The van der Waals surface area contributed by atoms with Crippen molar-refractivity contribution in [1.82, 2.24) is 10.2 Å². The summed E-state index contributed by atoms with van der Waals surface area (Å²) in [7, 11) is 0. The van der Waals surface area contributed by atoms with Crippen molar-refractivity contribution >= 4 is 23.4 Å². The lowest BCUT2D eigenvalue weighted by Crippen LogP contribution is -2.49. The van der Waals surface area contributed by atoms with Gasteiger partial charge in [0.15, 0.2) is 0 Å². The van der Waals surface area contributed by atoms with E-state index in [1.807, 2.05) is 25.7 Å². The van der Waals surface area contributed by atoms with Gasteiger partial charge < -0.3 is 10.2 Å². The highest BCUT2D eigenvalue weighted by molar-refractivity contribution is 6.18. The first-order chi connectivity index (χ1) is 8.34. The molecule has 5 heteroatoms. The minimum atomic E-state index is -0.356. The summed E-state index contributed by atoms with van der Waals surface area (Å²) in [6.45, 7) is 7.14. The van der Waals surface area contributed by atoms with Gasteiger partial charge >= 0.3 is 0 Å². The maximum Gasteiger partial charge on any atom is 0.225 e. The Bertz CT molecular complexity index is 305. The van der Waals surface area contributed by atoms with Crippen LogP contribution < -0.4 is 5.32 Å². The average molecular weight is 275 g/mol. The molecule has 0 bridgehead atoms. The molecule has 0 radical (unpaired) electrons. The summed E-state index contributed by atoms with van der Waals surface area (Å²) in [5.41, 5.74) is -0.356. The first kappa shape index (κ1) is 15.3. The Labute approximate surface area is 114 Å². The van der Waals surface area contributed by atoms with Gasteiger partial charge in [0, 0.05) is 36.8 Å². The SMILES string of the molecule is CC(C)(C)C(=O)NC1CCN(C(=O)CCCl)CC1. The fraction of sp³-hybridized carbons (Fsp3) is 0.846. The fourth-order valence-corrected chi connectivity index (χ4v) is 2.08. The Kier molecular flexibility index (Phi) is 5.45. The summed E-state index contributed by atoms with van der Waals surface area (Å²) in [5.74, 6) is 0.568. The van der Waals surface area contributed by atoms with Gasteiger partial charge in [-0.3, -0.25) is 9.59 Å². The highest BCUT2D eigenvalue weighted by Gasteiger charge is 2.27. The average Bonchev–Trinajstić information content (AvgIpc) is 2.29. The van der Waals surface area contributed by atoms with E-state index in [9.17, 15) is 9.59 Å². The number of nitrogens with zero attached hydrogens (tertiary/aromatic N) is 1. The lowest BCUT2D eigenvalue weighted by atomic mass is 9.94. The lowest BCUT2D eigenvalue weighted by molar-refractivity contribution is -0.132. The van der Waals surface area contributed by atoms with Crippen molar-refractivity contribution in [3.63, 3.8) is 0 Å². The number of alkyl halides is 1. The number of nitrogens with one attached hydrogen (secondary N) is 1. The second-order valence-corrected chi connectivity index (χ2v) is 6.20. The maximum absolute atomic E-state index is 11.8. The van der Waals surface area contributed by atoms with E-state index in [1.54, 1.807) is 0 Å². The smallest absolute Gasteiger partial charge is 0.225 e. The van der Waals surface area contributed by atoms with Gasteiger partial charge in [-0.15, -0.1) is 11.6 Å². The molecular formula is C13H23ClN2O2. The van der Waals surface area contributed by atoms with Gasteiger partial charge in [0.05, 0.1) is 0 Å². The third kappa shape index (κ3) is 4.48. The van der Waals surface area contributed by atoms with Crippen molar-refractivity contribution < 1.29 is 9.59 Å². The van der Waals surface area contributed by atoms with E-state index in [0.717, 1.165) is 12.8 Å². The van der Waals surface area contributed by atoms with Gasteiger partial charge in [-0.25, -0.2) is 0 Å². The summed E-state index contributed by atoms with van der Waals surface area (Å²) in [5, 5.41) is 3.05. The maximum atomic E-state index is 11.8. The number of piperidine rings is 1. The molecule has 0 atom stereocenters. The van der Waals surface area contributed by atoms with Crippen molar-refractivity contribution in [1.29, 1.82) is 0 Å². The van der Waals surface area contributed by atoms with Gasteiger partial charge in [-0.2, -0.15) is 0 Å². The van der Waals surface area contributed by atoms with Crippen LogP contribution in [0.4, 0.5) is 0 Å². The molecule has 0 unspecified atom stereocenters. The number of amides is 2. The molecule has 0 aromatic carbocycles. The standard InChI is InChI=1S/C13H23ClN2O2/c1-13(2,3)12(18)15-10-5-8-16(9-6-10)11(17)4-7-14/h10H,4-9H2,1-3H3,(H,15,18). The molecule has 0 aromatic heterocycles. The van der Waals surface area contributed by atoms with Crippen LogP contribution in [0.3, 0.4) is 0 Å². The number of likely N-dealkylation sites (tertiary alicyclic amines) is 1. The van der Waals surface area contributed by atoms with E-state index in [4.69, 9.17) is 11.6 Å². The summed E-state index contributed by atoms with van der Waals surface area (Å²) < 4.78 is 0. The van der Waals surface area contributed by atoms with Gasteiger partial charge in [-0.1, -0.05) is 20.8 Å². The van der Waals surface area contributed by atoms with Crippen LogP contribution in [0.5, 0.6) is 0 Å². The molecule has 0 saturated carbocycles. The predicted molar refractivity (Wildman–Crippen MR) is 72.5 cm³/mol. The van der Waals surface area contributed by atoms with E-state index >= 15 is 0 Å². The number of hydrogen-bond acceptors (Lipinski definition) is 2. The van der Waals surface area contributed by atoms with E-state index in [0.29, 0.717) is 25.4 Å². The van der Waals surface area contributed by atoms with Crippen LogP contribution >= 0.6 is 11.6 Å². The number of halogens is 1. The first-order valence-electron chi connectivity index (χ1n) is 6.49. The van der Waals surface area contributed by atoms with Crippen molar-refractivity contribution in [2.45, 2.75) is 46.1 Å². The van der Waals surface area contributed by atoms with Gasteiger partial charge in [0.25, 0.3) is 0 Å². The highest BCUT2D eigenvalue weighted by atomic mass is 35.5. The second-order valence-electron chi connectivity index (χ2n) is 5.82. The minimum Gasteiger partial charge on any atom is -0.353 e. The molecule has 0 aliphatic carbocycles. The van der Waals surface area contributed by atoms with Crippen LogP contribution in [0.1, 0.15) is 40.0 Å². The summed E-state index contributed by atoms with van der Waals surface area (Å²) >= 11 is 5.56. The molecule has 1 N–H and O–H groups in total. The molecule has 0 spiro atoms. The molecule has 104 valence electrons. The second kappa shape index (κ2) is 6.41. The van der Waals surface area contributed by atoms with Crippen LogP contribution in [0.25, 0.3) is 0 Å². The Hall–Kier alpha value is -0.770. The first-order valence-corrected chi connectivity index (χ1v) is 7.02. The molecule has 1 rings (SSSR count). The molecule has 1 aliphatic rings. The van der Waals surface area contributed by atoms with Crippen LogP contribution in [-0.4, -0.2) is 41.7 Å². The van der Waals surface area contributed by atoms with Crippen LogP contribution in [0, 0.1) is 5.41 Å². The zero-order valence-corrected chi connectivity index (χ0v) is 12.2. The molecule has 4 nitrogen and oxygen atoms in total. The molecule has 2 amide bonds. The van der Waals surface area contributed by atoms with Crippen molar-refractivity contribution in [3.8, 4) is 0 Å². The van der Waals surface area contributed by atoms with Crippen molar-refractivity contribution in [2.24, 2.45) is 5.41 Å². The van der Waals surface area contributed by atoms with Crippen LogP contribution in [0.2, 0.25) is 0 Å². The Morgan fingerprint density at radius 1 is 1.28 bits per heavy atom. The zero-order valence-electron chi connectivity index (χ0n) is 11.5. The highest BCUT2D eigenvalue weighted by Crippen LogP contribution is 2.16. The summed E-state index contributed by atoms with van der Waals surface area (Å²) in [6, 6.07) is 0.191. The third-order valence-corrected chi connectivity index (χ3v) is 3.36. The van der Waals surface area contributed by atoms with E-state index in [-0.39, 0.29) is 23.3 Å². The quantitative estimate of drug-likeness (QED) is 0.798. The Morgan fingerprint density at radius 2 is 1.83 bits per heavy atom.